The SMILES string of the molecule is CCC1CCCCC1NCC1CCCCC1. The fraction of sp³-hybridized carbons (Fsp3) is 1.00. The Morgan fingerprint density at radius 1 is 0.875 bits per heavy atom. The molecule has 2 aliphatic carbocycles. The third-order valence-electron chi connectivity index (χ3n) is 4.83. The third-order valence-corrected chi connectivity index (χ3v) is 4.83. The molecule has 1 N–H and O–H groups in total. The molecule has 0 radical (unpaired) electrons. The van der Waals surface area contributed by atoms with E-state index in [9.17, 15) is 0 Å². The second kappa shape index (κ2) is 6.64. The first-order chi connectivity index (χ1) is 7.90. The van der Waals surface area contributed by atoms with Crippen molar-refractivity contribution in [3.8, 4) is 0 Å². The quantitative estimate of drug-likeness (QED) is 0.756. The van der Waals surface area contributed by atoms with Crippen LogP contribution in [0.5, 0.6) is 0 Å². The number of hydrogen-bond donors (Lipinski definition) is 1. The molecule has 2 atom stereocenters. The van der Waals surface area contributed by atoms with Crippen molar-refractivity contribution in [3.05, 3.63) is 0 Å². The molecule has 2 rings (SSSR count). The second-order valence-corrected chi connectivity index (χ2v) is 5.97. The highest BCUT2D eigenvalue weighted by Gasteiger charge is 2.24. The molecule has 0 aromatic heterocycles. The Balaban J connectivity index is 1.70. The molecule has 2 unspecified atom stereocenters. The highest BCUT2D eigenvalue weighted by atomic mass is 14.9. The van der Waals surface area contributed by atoms with Crippen LogP contribution in [0.25, 0.3) is 0 Å². The van der Waals surface area contributed by atoms with Crippen LogP contribution in [0.2, 0.25) is 0 Å². The summed E-state index contributed by atoms with van der Waals surface area (Å²) >= 11 is 0. The lowest BCUT2D eigenvalue weighted by Crippen LogP contribution is -2.41. The monoisotopic (exact) mass is 223 g/mol. The fourth-order valence-corrected chi connectivity index (χ4v) is 3.67. The van der Waals surface area contributed by atoms with E-state index in [0.29, 0.717) is 0 Å². The van der Waals surface area contributed by atoms with E-state index in [1.165, 1.54) is 70.8 Å². The van der Waals surface area contributed by atoms with Crippen LogP contribution in [-0.2, 0) is 0 Å². The molecule has 2 fully saturated rings. The van der Waals surface area contributed by atoms with Crippen LogP contribution in [0.3, 0.4) is 0 Å². The minimum Gasteiger partial charge on any atom is -0.313 e. The largest absolute Gasteiger partial charge is 0.313 e. The lowest BCUT2D eigenvalue weighted by atomic mass is 9.82. The molecule has 0 saturated heterocycles. The van der Waals surface area contributed by atoms with E-state index < -0.39 is 0 Å². The van der Waals surface area contributed by atoms with Crippen molar-refractivity contribution in [2.24, 2.45) is 11.8 Å². The minimum atomic E-state index is 0.848. The average molecular weight is 223 g/mol. The van der Waals surface area contributed by atoms with Crippen LogP contribution in [0, 0.1) is 11.8 Å². The summed E-state index contributed by atoms with van der Waals surface area (Å²) < 4.78 is 0. The van der Waals surface area contributed by atoms with Gasteiger partial charge in [0, 0.05) is 6.04 Å². The summed E-state index contributed by atoms with van der Waals surface area (Å²) in [5.41, 5.74) is 0. The number of rotatable bonds is 4. The van der Waals surface area contributed by atoms with Gasteiger partial charge in [0.2, 0.25) is 0 Å². The Kier molecular flexibility index (Phi) is 5.15. The predicted molar refractivity (Wildman–Crippen MR) is 70.6 cm³/mol. The van der Waals surface area contributed by atoms with Crippen LogP contribution in [0.4, 0.5) is 0 Å². The Bertz CT molecular complexity index is 184. The van der Waals surface area contributed by atoms with Gasteiger partial charge in [-0.3, -0.25) is 0 Å². The van der Waals surface area contributed by atoms with Gasteiger partial charge in [-0.1, -0.05) is 45.4 Å². The number of hydrogen-bond acceptors (Lipinski definition) is 1. The van der Waals surface area contributed by atoms with E-state index in [2.05, 4.69) is 12.2 Å². The van der Waals surface area contributed by atoms with Crippen molar-refractivity contribution in [3.63, 3.8) is 0 Å². The molecule has 2 saturated carbocycles. The van der Waals surface area contributed by atoms with Gasteiger partial charge >= 0.3 is 0 Å². The lowest BCUT2D eigenvalue weighted by Gasteiger charge is -2.33. The van der Waals surface area contributed by atoms with Gasteiger partial charge in [-0.05, 0) is 44.1 Å². The molecule has 0 bridgehead atoms. The third kappa shape index (κ3) is 3.48. The molecule has 0 heterocycles. The highest BCUT2D eigenvalue weighted by Crippen LogP contribution is 2.28. The van der Waals surface area contributed by atoms with E-state index in [0.717, 1.165) is 17.9 Å². The van der Waals surface area contributed by atoms with Gasteiger partial charge in [0.1, 0.15) is 0 Å². The molecular weight excluding hydrogens is 194 g/mol. The van der Waals surface area contributed by atoms with Gasteiger partial charge in [0.25, 0.3) is 0 Å². The van der Waals surface area contributed by atoms with Crippen LogP contribution < -0.4 is 5.32 Å². The van der Waals surface area contributed by atoms with Crippen molar-refractivity contribution < 1.29 is 0 Å². The first-order valence-corrected chi connectivity index (χ1v) is 7.63. The van der Waals surface area contributed by atoms with Gasteiger partial charge in [0.15, 0.2) is 0 Å². The second-order valence-electron chi connectivity index (χ2n) is 5.97. The minimum absolute atomic E-state index is 0.848. The van der Waals surface area contributed by atoms with E-state index in [-0.39, 0.29) is 0 Å². The van der Waals surface area contributed by atoms with Gasteiger partial charge in [-0.15, -0.1) is 0 Å². The summed E-state index contributed by atoms with van der Waals surface area (Å²) in [7, 11) is 0. The van der Waals surface area contributed by atoms with Gasteiger partial charge in [-0.25, -0.2) is 0 Å². The molecule has 1 heteroatoms. The summed E-state index contributed by atoms with van der Waals surface area (Å²) in [6, 6.07) is 0.848. The first kappa shape index (κ1) is 12.4. The van der Waals surface area contributed by atoms with Crippen molar-refractivity contribution >= 4 is 0 Å². The Hall–Kier alpha value is -0.0400. The summed E-state index contributed by atoms with van der Waals surface area (Å²) in [5, 5.41) is 3.89. The Labute approximate surface area is 101 Å². The zero-order valence-corrected chi connectivity index (χ0v) is 11.0. The maximum Gasteiger partial charge on any atom is 0.00953 e. The van der Waals surface area contributed by atoms with Crippen molar-refractivity contribution in [1.82, 2.24) is 5.32 Å². The molecule has 94 valence electrons. The van der Waals surface area contributed by atoms with Gasteiger partial charge in [-0.2, -0.15) is 0 Å². The molecule has 16 heavy (non-hydrogen) atoms. The summed E-state index contributed by atoms with van der Waals surface area (Å²) in [5.74, 6) is 1.96. The highest BCUT2D eigenvalue weighted by molar-refractivity contribution is 4.81. The van der Waals surface area contributed by atoms with Crippen molar-refractivity contribution in [1.29, 1.82) is 0 Å². The van der Waals surface area contributed by atoms with Crippen LogP contribution in [0.1, 0.15) is 71.1 Å². The maximum atomic E-state index is 3.89. The molecule has 0 aromatic carbocycles. The maximum absolute atomic E-state index is 3.89. The normalized spacial score (nSPS) is 32.8. The van der Waals surface area contributed by atoms with Crippen molar-refractivity contribution in [2.45, 2.75) is 77.2 Å². The molecule has 1 nitrogen and oxygen atoms in total. The van der Waals surface area contributed by atoms with Crippen LogP contribution in [-0.4, -0.2) is 12.6 Å². The molecule has 0 aromatic rings. The Morgan fingerprint density at radius 3 is 2.31 bits per heavy atom. The molecule has 0 amide bonds. The zero-order chi connectivity index (χ0) is 11.2. The average Bonchev–Trinajstić information content (AvgIpc) is 2.38. The van der Waals surface area contributed by atoms with Gasteiger partial charge in [0.05, 0.1) is 0 Å². The standard InChI is InChI=1S/C15H29N/c1-2-14-10-6-7-11-15(14)16-12-13-8-4-3-5-9-13/h13-16H,2-12H2,1H3. The van der Waals surface area contributed by atoms with Crippen molar-refractivity contribution in [2.75, 3.05) is 6.54 Å². The summed E-state index contributed by atoms with van der Waals surface area (Å²) in [6.07, 6.45) is 14.6. The van der Waals surface area contributed by atoms with E-state index in [1.54, 1.807) is 0 Å². The zero-order valence-electron chi connectivity index (χ0n) is 11.0. The van der Waals surface area contributed by atoms with E-state index in [1.807, 2.05) is 0 Å². The molecule has 2 aliphatic rings. The molecular formula is C15H29N. The fourth-order valence-electron chi connectivity index (χ4n) is 3.67. The van der Waals surface area contributed by atoms with E-state index >= 15 is 0 Å². The van der Waals surface area contributed by atoms with Crippen LogP contribution in [0.15, 0.2) is 0 Å². The smallest absolute Gasteiger partial charge is 0.00953 e. The van der Waals surface area contributed by atoms with E-state index in [4.69, 9.17) is 0 Å². The number of nitrogens with one attached hydrogen (secondary N) is 1. The van der Waals surface area contributed by atoms with Crippen LogP contribution >= 0.6 is 0 Å². The summed E-state index contributed by atoms with van der Waals surface area (Å²) in [6.45, 7) is 3.67. The van der Waals surface area contributed by atoms with Gasteiger partial charge < -0.3 is 5.32 Å². The first-order valence-electron chi connectivity index (χ1n) is 7.63. The topological polar surface area (TPSA) is 12.0 Å². The Morgan fingerprint density at radius 2 is 1.56 bits per heavy atom. The predicted octanol–water partition coefficient (Wildman–Crippen LogP) is 4.13. The lowest BCUT2D eigenvalue weighted by molar-refractivity contribution is 0.233. The molecule has 0 spiro atoms. The molecule has 0 aliphatic heterocycles. The summed E-state index contributed by atoms with van der Waals surface area (Å²) in [4.78, 5) is 0.